The first kappa shape index (κ1) is 24.0. The van der Waals surface area contributed by atoms with E-state index in [0.717, 1.165) is 11.1 Å². The summed E-state index contributed by atoms with van der Waals surface area (Å²) < 4.78 is 0. The fourth-order valence-corrected chi connectivity index (χ4v) is 4.60. The largest absolute Gasteiger partial charge is 0.513 e. The molecule has 0 radical (unpaired) electrons. The zero-order valence-electron chi connectivity index (χ0n) is 19.0. The molecule has 180 valence electrons. The highest BCUT2D eigenvalue weighted by Crippen LogP contribution is 2.35. The van der Waals surface area contributed by atoms with Crippen LogP contribution >= 0.6 is 11.3 Å². The highest BCUT2D eigenvalue weighted by Gasteiger charge is 2.35. The van der Waals surface area contributed by atoms with E-state index in [1.54, 1.807) is 31.2 Å². The molecule has 35 heavy (non-hydrogen) atoms. The molecule has 0 aliphatic carbocycles. The summed E-state index contributed by atoms with van der Waals surface area (Å²) in [6.07, 6.45) is 0.584. The van der Waals surface area contributed by atoms with Crippen molar-refractivity contribution in [3.8, 4) is 11.1 Å². The van der Waals surface area contributed by atoms with E-state index < -0.39 is 24.5 Å². The van der Waals surface area contributed by atoms with Crippen LogP contribution in [-0.4, -0.2) is 49.6 Å². The molecule has 0 saturated heterocycles. The molecule has 4 N–H and O–H groups in total. The van der Waals surface area contributed by atoms with Crippen LogP contribution in [0.4, 0.5) is 5.69 Å². The normalized spacial score (nSPS) is 14.0. The lowest BCUT2D eigenvalue weighted by Crippen LogP contribution is -2.38. The first-order chi connectivity index (χ1) is 16.8. The summed E-state index contributed by atoms with van der Waals surface area (Å²) in [6.45, 7) is 2.82. The van der Waals surface area contributed by atoms with E-state index in [4.69, 9.17) is 0 Å². The van der Waals surface area contributed by atoms with Crippen LogP contribution in [-0.2, 0) is 16.1 Å². The average molecular weight is 494 g/mol. The molecule has 0 bridgehead atoms. The number of amides is 3. The van der Waals surface area contributed by atoms with Gasteiger partial charge >= 0.3 is 0 Å². The number of aryl methyl sites for hydroxylation is 1. The second-order valence-electron chi connectivity index (χ2n) is 7.86. The number of carbonyl (C=O) groups excluding carboxylic acids is 3. The molecule has 2 heterocycles. The number of anilines is 1. The summed E-state index contributed by atoms with van der Waals surface area (Å²) in [4.78, 5) is 38.6. The third-order valence-electron chi connectivity index (χ3n) is 5.46. The molecular weight excluding hydrogens is 470 g/mol. The van der Waals surface area contributed by atoms with Crippen molar-refractivity contribution in [1.29, 1.82) is 0 Å². The quantitative estimate of drug-likeness (QED) is 0.292. The molecule has 3 amide bonds. The maximum atomic E-state index is 13.2. The molecule has 10 nitrogen and oxygen atoms in total. The maximum Gasteiger partial charge on any atom is 0.271 e. The van der Waals surface area contributed by atoms with Crippen LogP contribution < -0.4 is 10.6 Å². The minimum absolute atomic E-state index is 0.0688. The third kappa shape index (κ3) is 4.91. The molecule has 0 spiro atoms. The lowest BCUT2D eigenvalue weighted by molar-refractivity contribution is -0.120. The number of hydrogen-bond acceptors (Lipinski definition) is 8. The molecule has 11 heteroatoms. The number of hydrogen-bond donors (Lipinski definition) is 4. The van der Waals surface area contributed by atoms with Crippen LogP contribution in [0.3, 0.4) is 0 Å². The summed E-state index contributed by atoms with van der Waals surface area (Å²) >= 11 is 1.23. The van der Waals surface area contributed by atoms with Gasteiger partial charge in [-0.15, -0.1) is 10.2 Å². The molecular formula is C24H23N5O5S. The predicted octanol–water partition coefficient (Wildman–Crippen LogP) is 2.68. The van der Waals surface area contributed by atoms with Gasteiger partial charge in [-0.25, -0.2) is 0 Å². The Morgan fingerprint density at radius 2 is 1.89 bits per heavy atom. The van der Waals surface area contributed by atoms with Gasteiger partial charge in [0.05, 0.1) is 13.2 Å². The van der Waals surface area contributed by atoms with Gasteiger partial charge in [-0.05, 0) is 41.8 Å². The van der Waals surface area contributed by atoms with Crippen LogP contribution in [0.25, 0.3) is 11.1 Å². The van der Waals surface area contributed by atoms with E-state index in [-0.39, 0.29) is 18.1 Å². The molecule has 2 aromatic carbocycles. The topological polar surface area (TPSA) is 145 Å². The van der Waals surface area contributed by atoms with Crippen molar-refractivity contribution in [3.05, 3.63) is 75.6 Å². The first-order valence-corrected chi connectivity index (χ1v) is 11.5. The minimum Gasteiger partial charge on any atom is -0.513 e. The van der Waals surface area contributed by atoms with Gasteiger partial charge < -0.3 is 20.8 Å². The molecule has 1 aromatic heterocycles. The van der Waals surface area contributed by atoms with Gasteiger partial charge in [-0.3, -0.25) is 19.3 Å². The Labute approximate surface area is 204 Å². The van der Waals surface area contributed by atoms with E-state index in [1.165, 1.54) is 23.2 Å². The van der Waals surface area contributed by atoms with Crippen molar-refractivity contribution in [3.63, 3.8) is 0 Å². The van der Waals surface area contributed by atoms with Gasteiger partial charge in [0, 0.05) is 18.2 Å². The van der Waals surface area contributed by atoms with Crippen LogP contribution in [0.15, 0.2) is 54.4 Å². The lowest BCUT2D eigenvalue weighted by Gasteiger charge is -2.20. The Bertz CT molecular complexity index is 1320. The van der Waals surface area contributed by atoms with Gasteiger partial charge in [0.25, 0.3) is 11.8 Å². The Hall–Kier alpha value is -4.09. The van der Waals surface area contributed by atoms with Crippen molar-refractivity contribution < 1.29 is 24.6 Å². The fourth-order valence-electron chi connectivity index (χ4n) is 3.86. The minimum atomic E-state index is -0.832. The lowest BCUT2D eigenvalue weighted by atomic mass is 9.97. The summed E-state index contributed by atoms with van der Waals surface area (Å²) in [5.74, 6) is -1.34. The second-order valence-corrected chi connectivity index (χ2v) is 9.08. The molecule has 1 atom stereocenters. The Kier molecular flexibility index (Phi) is 6.90. The number of fused-ring (bicyclic) bond motifs is 1. The second kappa shape index (κ2) is 10.0. The van der Waals surface area contributed by atoms with Crippen LogP contribution in [0, 0.1) is 6.92 Å². The summed E-state index contributed by atoms with van der Waals surface area (Å²) in [6, 6.07) is 11.6. The number of aromatic nitrogens is 2. The fraction of sp³-hybridized carbons (Fsp3) is 0.208. The zero-order chi connectivity index (χ0) is 25.1. The van der Waals surface area contributed by atoms with Gasteiger partial charge in [0.1, 0.15) is 28.0 Å². The monoisotopic (exact) mass is 493 g/mol. The summed E-state index contributed by atoms with van der Waals surface area (Å²) in [5, 5.41) is 33.8. The van der Waals surface area contributed by atoms with Gasteiger partial charge in [-0.1, -0.05) is 35.6 Å². The Morgan fingerprint density at radius 3 is 2.49 bits per heavy atom. The molecule has 1 aliphatic heterocycles. The third-order valence-corrected chi connectivity index (χ3v) is 6.41. The molecule has 1 unspecified atom stereocenters. The highest BCUT2D eigenvalue weighted by molar-refractivity contribution is 7.11. The number of benzene rings is 2. The van der Waals surface area contributed by atoms with Crippen molar-refractivity contribution in [1.82, 2.24) is 20.4 Å². The van der Waals surface area contributed by atoms with Crippen LogP contribution in [0.1, 0.15) is 38.9 Å². The standard InChI is InChI=1S/C24H23N5O5S/c1-13(32)25-16-8-6-15(7-9-16)17-4-3-5-18-19(17)10-29(24(18)34)21(12-31)22(33)26-20(11-30)23-28-27-14(2)35-23/h3-9,12,20,30-31H,10-11H2,1-2H3,(H,25,32)(H,26,33). The number of aliphatic hydroxyl groups is 2. The first-order valence-electron chi connectivity index (χ1n) is 10.7. The molecule has 1 aliphatic rings. The van der Waals surface area contributed by atoms with E-state index >= 15 is 0 Å². The van der Waals surface area contributed by atoms with Crippen molar-refractivity contribution in [2.45, 2.75) is 26.4 Å². The smallest absolute Gasteiger partial charge is 0.271 e. The average Bonchev–Trinajstić information content (AvgIpc) is 3.41. The van der Waals surface area contributed by atoms with E-state index in [2.05, 4.69) is 20.8 Å². The maximum absolute atomic E-state index is 13.2. The number of nitrogens with one attached hydrogen (secondary N) is 2. The number of rotatable bonds is 7. The summed E-state index contributed by atoms with van der Waals surface area (Å²) in [5.41, 5.74) is 3.14. The Morgan fingerprint density at radius 1 is 1.17 bits per heavy atom. The Balaban J connectivity index is 1.57. The summed E-state index contributed by atoms with van der Waals surface area (Å²) in [7, 11) is 0. The van der Waals surface area contributed by atoms with E-state index in [9.17, 15) is 24.6 Å². The van der Waals surface area contributed by atoms with E-state index in [0.29, 0.717) is 33.1 Å². The van der Waals surface area contributed by atoms with Gasteiger partial charge in [-0.2, -0.15) is 0 Å². The SMILES string of the molecule is CC(=O)Nc1ccc(-c2cccc3c2CN(C(=CO)C(=O)NC(CO)c2nnc(C)s2)C3=O)cc1. The molecule has 0 fully saturated rings. The number of nitrogens with zero attached hydrogens (tertiary/aromatic N) is 3. The van der Waals surface area contributed by atoms with Crippen LogP contribution in [0.2, 0.25) is 0 Å². The number of carbonyl (C=O) groups is 3. The van der Waals surface area contributed by atoms with Gasteiger partial charge in [0.15, 0.2) is 0 Å². The van der Waals surface area contributed by atoms with Crippen molar-refractivity contribution in [2.75, 3.05) is 11.9 Å². The molecule has 3 aromatic rings. The van der Waals surface area contributed by atoms with Crippen molar-refractivity contribution >= 4 is 34.7 Å². The van der Waals surface area contributed by atoms with Gasteiger partial charge in [0.2, 0.25) is 5.91 Å². The number of aliphatic hydroxyl groups excluding tert-OH is 2. The van der Waals surface area contributed by atoms with Crippen molar-refractivity contribution in [2.24, 2.45) is 0 Å². The highest BCUT2D eigenvalue weighted by atomic mass is 32.1. The van der Waals surface area contributed by atoms with E-state index in [1.807, 2.05) is 18.2 Å². The zero-order valence-corrected chi connectivity index (χ0v) is 19.8. The molecule has 0 saturated carbocycles. The predicted molar refractivity (Wildman–Crippen MR) is 129 cm³/mol. The molecule has 4 rings (SSSR count). The van der Waals surface area contributed by atoms with Crippen LogP contribution in [0.5, 0.6) is 0 Å².